The molecule has 0 bridgehead atoms. The molecule has 0 saturated heterocycles. The summed E-state index contributed by atoms with van der Waals surface area (Å²) < 4.78 is 0. The highest BCUT2D eigenvalue weighted by Gasteiger charge is 2.06. The topological polar surface area (TPSA) is 41.6 Å². The monoisotopic (exact) mass is 598 g/mol. The van der Waals surface area contributed by atoms with Gasteiger partial charge in [0.15, 0.2) is 0 Å². The lowest BCUT2D eigenvalue weighted by molar-refractivity contribution is 0.268. The van der Waals surface area contributed by atoms with Crippen LogP contribution in [0.2, 0.25) is 0 Å². The molecule has 1 aromatic rings. The summed E-state index contributed by atoms with van der Waals surface area (Å²) in [6, 6.07) is 10.2. The van der Waals surface area contributed by atoms with E-state index in [-0.39, 0.29) is 0 Å². The minimum absolute atomic E-state index is 0.674. The van der Waals surface area contributed by atoms with Crippen molar-refractivity contribution in [3.63, 3.8) is 0 Å². The molecule has 0 aliphatic rings. The summed E-state index contributed by atoms with van der Waals surface area (Å²) in [6.07, 6.45) is 39.6. The molecule has 250 valence electrons. The zero-order valence-corrected chi connectivity index (χ0v) is 29.3. The smallest absolute Gasteiger partial charge is 0.127 e. The van der Waals surface area contributed by atoms with E-state index < -0.39 is 0 Å². The van der Waals surface area contributed by atoms with Crippen LogP contribution >= 0.6 is 0 Å². The fourth-order valence-electron chi connectivity index (χ4n) is 6.19. The molecular weight excluding hydrogens is 522 g/mol. The van der Waals surface area contributed by atoms with Crippen LogP contribution in [-0.2, 0) is 0 Å². The predicted molar refractivity (Wildman–Crippen MR) is 194 cm³/mol. The van der Waals surface area contributed by atoms with Crippen molar-refractivity contribution in [3.8, 4) is 0 Å². The summed E-state index contributed by atoms with van der Waals surface area (Å²) in [7, 11) is 0. The molecule has 0 heterocycles. The van der Waals surface area contributed by atoms with Crippen LogP contribution in [0.5, 0.6) is 0 Å². The number of hydrogen-bond donors (Lipinski definition) is 1. The molecule has 1 aromatic carbocycles. The van der Waals surface area contributed by atoms with Crippen molar-refractivity contribution in [2.75, 3.05) is 19.8 Å². The molecule has 1 rings (SSSR count). The number of amidine groups is 1. The number of rotatable bonds is 33. The molecule has 43 heavy (non-hydrogen) atoms. The Morgan fingerprint density at radius 3 is 1.09 bits per heavy atom. The van der Waals surface area contributed by atoms with Crippen LogP contribution in [0.1, 0.15) is 199 Å². The second-order valence-corrected chi connectivity index (χ2v) is 13.4. The molecular formula is C40H75N3. The van der Waals surface area contributed by atoms with E-state index in [0.29, 0.717) is 5.84 Å². The Kier molecular flexibility index (Phi) is 29.6. The zero-order chi connectivity index (χ0) is 30.9. The molecule has 0 atom stereocenters. The first kappa shape index (κ1) is 39.7. The van der Waals surface area contributed by atoms with Gasteiger partial charge in [-0.1, -0.05) is 211 Å². The highest BCUT2D eigenvalue weighted by atomic mass is 15.2. The molecule has 0 saturated carbocycles. The molecule has 0 aliphatic heterocycles. The predicted octanol–water partition coefficient (Wildman–Crippen LogP) is 12.6. The minimum Gasteiger partial charge on any atom is -0.383 e. The molecule has 2 N–H and O–H groups in total. The van der Waals surface area contributed by atoms with Gasteiger partial charge < -0.3 is 5.73 Å². The third-order valence-electron chi connectivity index (χ3n) is 9.17. The van der Waals surface area contributed by atoms with E-state index in [1.165, 1.54) is 180 Å². The fourth-order valence-corrected chi connectivity index (χ4v) is 6.19. The van der Waals surface area contributed by atoms with Crippen molar-refractivity contribution < 1.29 is 0 Å². The Bertz CT molecular complexity index is 669. The quantitative estimate of drug-likeness (QED) is 0.0497. The Labute approximate surface area is 270 Å². The highest BCUT2D eigenvalue weighted by molar-refractivity contribution is 5.97. The van der Waals surface area contributed by atoms with Crippen LogP contribution in [0.4, 0.5) is 0 Å². The summed E-state index contributed by atoms with van der Waals surface area (Å²) in [4.78, 5) is 7.34. The molecule has 0 radical (unpaired) electrons. The third kappa shape index (κ3) is 26.7. The van der Waals surface area contributed by atoms with Gasteiger partial charge in [0.25, 0.3) is 0 Å². The van der Waals surface area contributed by atoms with Gasteiger partial charge in [-0.2, -0.15) is 0 Å². The second kappa shape index (κ2) is 32.1. The SMILES string of the molecule is CCCCCCCCCCCCCCCCN(CCCCCCCCCCCCCCCC)CN=C(N)c1ccccc1. The molecule has 0 aromatic heterocycles. The van der Waals surface area contributed by atoms with E-state index in [4.69, 9.17) is 10.7 Å². The molecule has 0 fully saturated rings. The second-order valence-electron chi connectivity index (χ2n) is 13.4. The molecule has 0 unspecified atom stereocenters. The number of benzene rings is 1. The largest absolute Gasteiger partial charge is 0.383 e. The minimum atomic E-state index is 0.674. The highest BCUT2D eigenvalue weighted by Crippen LogP contribution is 2.15. The van der Waals surface area contributed by atoms with Gasteiger partial charge in [0.1, 0.15) is 5.84 Å². The molecule has 0 amide bonds. The van der Waals surface area contributed by atoms with Gasteiger partial charge in [-0.25, -0.2) is 0 Å². The van der Waals surface area contributed by atoms with Gasteiger partial charge >= 0.3 is 0 Å². The fraction of sp³-hybridized carbons (Fsp3) is 0.825. The van der Waals surface area contributed by atoms with Crippen molar-refractivity contribution in [2.24, 2.45) is 10.7 Å². The van der Waals surface area contributed by atoms with Gasteiger partial charge in [0, 0.05) is 5.56 Å². The first-order valence-electron chi connectivity index (χ1n) is 19.4. The van der Waals surface area contributed by atoms with Gasteiger partial charge in [-0.05, 0) is 25.9 Å². The van der Waals surface area contributed by atoms with Crippen LogP contribution < -0.4 is 5.73 Å². The van der Waals surface area contributed by atoms with Crippen molar-refractivity contribution in [1.82, 2.24) is 4.90 Å². The van der Waals surface area contributed by atoms with E-state index >= 15 is 0 Å². The number of aliphatic imine (C=N–C) groups is 1. The number of nitrogens with two attached hydrogens (primary N) is 1. The normalized spacial score (nSPS) is 12.0. The van der Waals surface area contributed by atoms with Crippen LogP contribution in [0.3, 0.4) is 0 Å². The maximum Gasteiger partial charge on any atom is 0.127 e. The van der Waals surface area contributed by atoms with Crippen molar-refractivity contribution in [3.05, 3.63) is 35.9 Å². The van der Waals surface area contributed by atoms with E-state index in [2.05, 4.69) is 30.9 Å². The van der Waals surface area contributed by atoms with Crippen LogP contribution in [0.25, 0.3) is 0 Å². The van der Waals surface area contributed by atoms with Crippen LogP contribution in [-0.4, -0.2) is 30.5 Å². The maximum absolute atomic E-state index is 6.33. The Morgan fingerprint density at radius 2 is 0.767 bits per heavy atom. The van der Waals surface area contributed by atoms with E-state index in [9.17, 15) is 0 Å². The van der Waals surface area contributed by atoms with Gasteiger partial charge in [0.2, 0.25) is 0 Å². The van der Waals surface area contributed by atoms with Gasteiger partial charge in [-0.3, -0.25) is 9.89 Å². The lowest BCUT2D eigenvalue weighted by Gasteiger charge is -2.20. The average molecular weight is 598 g/mol. The van der Waals surface area contributed by atoms with Crippen molar-refractivity contribution in [1.29, 1.82) is 0 Å². The van der Waals surface area contributed by atoms with E-state index in [1.807, 2.05) is 18.2 Å². The summed E-state index contributed by atoms with van der Waals surface area (Å²) >= 11 is 0. The molecule has 0 aliphatic carbocycles. The van der Waals surface area contributed by atoms with E-state index in [0.717, 1.165) is 25.3 Å². The Morgan fingerprint density at radius 1 is 0.465 bits per heavy atom. The van der Waals surface area contributed by atoms with Crippen LogP contribution in [0.15, 0.2) is 35.3 Å². The lowest BCUT2D eigenvalue weighted by Crippen LogP contribution is -2.28. The van der Waals surface area contributed by atoms with Gasteiger partial charge in [-0.15, -0.1) is 0 Å². The molecule has 3 heteroatoms. The van der Waals surface area contributed by atoms with Crippen molar-refractivity contribution >= 4 is 5.84 Å². The zero-order valence-electron chi connectivity index (χ0n) is 29.3. The summed E-state index contributed by atoms with van der Waals surface area (Å²) in [5, 5.41) is 0. The third-order valence-corrected chi connectivity index (χ3v) is 9.17. The summed E-state index contributed by atoms with van der Waals surface area (Å²) in [5.41, 5.74) is 7.36. The average Bonchev–Trinajstić information content (AvgIpc) is 3.03. The number of unbranched alkanes of at least 4 members (excludes halogenated alkanes) is 26. The molecule has 0 spiro atoms. The lowest BCUT2D eigenvalue weighted by atomic mass is 10.0. The summed E-state index contributed by atoms with van der Waals surface area (Å²) in [5.74, 6) is 0.674. The first-order chi connectivity index (χ1) is 21.3. The van der Waals surface area contributed by atoms with Gasteiger partial charge in [0.05, 0.1) is 6.67 Å². The Hall–Kier alpha value is -1.35. The molecule has 3 nitrogen and oxygen atoms in total. The van der Waals surface area contributed by atoms with Crippen LogP contribution in [0, 0.1) is 0 Å². The Balaban J connectivity index is 2.15. The first-order valence-corrected chi connectivity index (χ1v) is 19.4. The van der Waals surface area contributed by atoms with E-state index in [1.54, 1.807) is 0 Å². The maximum atomic E-state index is 6.33. The van der Waals surface area contributed by atoms with Crippen molar-refractivity contribution in [2.45, 2.75) is 194 Å². The number of nitrogens with zero attached hydrogens (tertiary/aromatic N) is 2. The summed E-state index contributed by atoms with van der Waals surface area (Å²) in [6.45, 7) is 7.65. The number of hydrogen-bond acceptors (Lipinski definition) is 2. The standard InChI is InChI=1S/C40H75N3/c1-3-5-7-9-11-13-15-17-19-21-23-25-27-32-36-43(38-42-40(41)39-34-30-29-31-35-39)37-33-28-26-24-22-20-18-16-14-12-10-8-6-4-2/h29-31,34-35H,3-28,32-33,36-38H2,1-2H3,(H2,41,42).